The summed E-state index contributed by atoms with van der Waals surface area (Å²) in [5, 5.41) is 3.50. The van der Waals surface area contributed by atoms with Crippen molar-refractivity contribution >= 4 is 0 Å². The van der Waals surface area contributed by atoms with E-state index in [0.717, 1.165) is 75.3 Å². The van der Waals surface area contributed by atoms with E-state index in [1.807, 2.05) is 6.07 Å². The summed E-state index contributed by atoms with van der Waals surface area (Å²) in [6, 6.07) is 18.4. The zero-order chi connectivity index (χ0) is 28.4. The van der Waals surface area contributed by atoms with Gasteiger partial charge in [-0.15, -0.1) is 0 Å². The maximum absolute atomic E-state index is 14.7. The van der Waals surface area contributed by atoms with Gasteiger partial charge < -0.3 is 19.5 Å². The average molecular weight is 561 g/mol. The molecule has 0 bridgehead atoms. The van der Waals surface area contributed by atoms with Crippen molar-refractivity contribution in [3.8, 4) is 17.2 Å². The number of likely N-dealkylation sites (tertiary alicyclic amines) is 1. The van der Waals surface area contributed by atoms with Gasteiger partial charge in [-0.2, -0.15) is 0 Å². The minimum absolute atomic E-state index is 0.281. The lowest BCUT2D eigenvalue weighted by Crippen LogP contribution is -2.33. The Morgan fingerprint density at radius 1 is 0.902 bits per heavy atom. The van der Waals surface area contributed by atoms with Crippen LogP contribution in [0.15, 0.2) is 54.6 Å². The zero-order valence-corrected chi connectivity index (χ0v) is 24.7. The normalized spacial score (nSPS) is 17.2. The number of nitrogens with one attached hydrogen (secondary N) is 1. The van der Waals surface area contributed by atoms with Crippen LogP contribution in [-0.4, -0.2) is 51.9 Å². The maximum Gasteiger partial charge on any atom is 0.165 e. The van der Waals surface area contributed by atoms with E-state index in [0.29, 0.717) is 24.8 Å². The summed E-state index contributed by atoms with van der Waals surface area (Å²) in [5.74, 6) is 2.42. The third-order valence-electron chi connectivity index (χ3n) is 8.67. The van der Waals surface area contributed by atoms with Gasteiger partial charge >= 0.3 is 0 Å². The summed E-state index contributed by atoms with van der Waals surface area (Å²) in [6.07, 6.45) is 9.07. The molecule has 1 N–H and O–H groups in total. The number of methoxy groups -OCH3 is 2. The molecule has 1 heterocycles. The van der Waals surface area contributed by atoms with Crippen molar-refractivity contribution in [1.82, 2.24) is 10.2 Å². The smallest absolute Gasteiger partial charge is 0.165 e. The molecule has 1 aliphatic heterocycles. The van der Waals surface area contributed by atoms with Gasteiger partial charge in [0.2, 0.25) is 0 Å². The van der Waals surface area contributed by atoms with Gasteiger partial charge in [-0.05, 0) is 135 Å². The summed E-state index contributed by atoms with van der Waals surface area (Å²) in [5.41, 5.74) is 6.57. The summed E-state index contributed by atoms with van der Waals surface area (Å²) in [6.45, 7) is 5.14. The molecule has 220 valence electrons. The summed E-state index contributed by atoms with van der Waals surface area (Å²) in [4.78, 5) is 2.40. The monoisotopic (exact) mass is 560 g/mol. The molecule has 0 radical (unpaired) electrons. The molecule has 0 amide bonds. The van der Waals surface area contributed by atoms with Gasteiger partial charge in [0.05, 0.1) is 14.2 Å². The molecule has 5 rings (SSSR count). The molecule has 1 atom stereocenters. The number of halogens is 1. The third-order valence-corrected chi connectivity index (χ3v) is 8.67. The number of piperidine rings is 1. The van der Waals surface area contributed by atoms with Crippen molar-refractivity contribution in [3.63, 3.8) is 0 Å². The first-order valence-electron chi connectivity index (χ1n) is 15.3. The minimum Gasteiger partial charge on any atom is -0.497 e. The highest BCUT2D eigenvalue weighted by atomic mass is 19.1. The number of rotatable bonds is 13. The van der Waals surface area contributed by atoms with Gasteiger partial charge in [-0.1, -0.05) is 24.6 Å². The van der Waals surface area contributed by atoms with Gasteiger partial charge in [0.1, 0.15) is 18.1 Å². The predicted molar refractivity (Wildman–Crippen MR) is 163 cm³/mol. The molecule has 2 aliphatic rings. The van der Waals surface area contributed by atoms with Gasteiger partial charge in [0.15, 0.2) is 11.6 Å². The molecule has 3 aromatic rings. The topological polar surface area (TPSA) is 43.0 Å². The third kappa shape index (κ3) is 8.02. The van der Waals surface area contributed by atoms with Crippen LogP contribution in [-0.2, 0) is 25.8 Å². The second-order valence-electron chi connectivity index (χ2n) is 11.4. The lowest BCUT2D eigenvalue weighted by molar-refractivity contribution is 0.180. The summed E-state index contributed by atoms with van der Waals surface area (Å²) >= 11 is 0. The van der Waals surface area contributed by atoms with Crippen LogP contribution in [0, 0.1) is 5.82 Å². The second-order valence-corrected chi connectivity index (χ2v) is 11.4. The first-order valence-corrected chi connectivity index (χ1v) is 15.3. The molecular weight excluding hydrogens is 515 g/mol. The van der Waals surface area contributed by atoms with Crippen molar-refractivity contribution in [2.24, 2.45) is 0 Å². The highest BCUT2D eigenvalue weighted by molar-refractivity contribution is 5.43. The van der Waals surface area contributed by atoms with E-state index < -0.39 is 0 Å². The van der Waals surface area contributed by atoms with E-state index in [9.17, 15) is 4.39 Å². The second kappa shape index (κ2) is 14.7. The number of hydrogen-bond acceptors (Lipinski definition) is 5. The highest BCUT2D eigenvalue weighted by Gasteiger charge is 2.23. The van der Waals surface area contributed by atoms with E-state index in [2.05, 4.69) is 46.6 Å². The largest absolute Gasteiger partial charge is 0.497 e. The van der Waals surface area contributed by atoms with Gasteiger partial charge in [0.25, 0.3) is 0 Å². The van der Waals surface area contributed by atoms with Crippen LogP contribution in [0.5, 0.6) is 17.2 Å². The summed E-state index contributed by atoms with van der Waals surface area (Å²) < 4.78 is 31.4. The molecule has 6 heteroatoms. The van der Waals surface area contributed by atoms with Crippen LogP contribution in [0.4, 0.5) is 4.39 Å². The zero-order valence-electron chi connectivity index (χ0n) is 24.7. The number of aryl methyl sites for hydroxylation is 2. The van der Waals surface area contributed by atoms with Gasteiger partial charge in [-0.25, -0.2) is 4.39 Å². The van der Waals surface area contributed by atoms with Crippen LogP contribution < -0.4 is 19.5 Å². The fourth-order valence-electron chi connectivity index (χ4n) is 6.32. The maximum atomic E-state index is 14.7. The Kier molecular flexibility index (Phi) is 10.5. The fourth-order valence-corrected chi connectivity index (χ4v) is 6.32. The van der Waals surface area contributed by atoms with E-state index in [-0.39, 0.29) is 5.82 Å². The fraction of sp³-hybridized carbons (Fsp3) is 0.486. The minimum atomic E-state index is -0.281. The van der Waals surface area contributed by atoms with Crippen LogP contribution >= 0.6 is 0 Å². The SMILES string of the molecule is COc1ccc2c(c1)CCC(c1ccc(OC)cc1CCCNCc1ccc(OCCN3CCCCC3)c(F)c1)C2. The van der Waals surface area contributed by atoms with Crippen molar-refractivity contribution in [1.29, 1.82) is 0 Å². The lowest BCUT2D eigenvalue weighted by Gasteiger charge is -2.27. The van der Waals surface area contributed by atoms with E-state index in [4.69, 9.17) is 14.2 Å². The molecule has 0 aromatic heterocycles. The summed E-state index contributed by atoms with van der Waals surface area (Å²) in [7, 11) is 3.46. The van der Waals surface area contributed by atoms with Crippen LogP contribution in [0.3, 0.4) is 0 Å². The molecular formula is C35H45FN2O3. The molecule has 41 heavy (non-hydrogen) atoms. The van der Waals surface area contributed by atoms with Gasteiger partial charge in [-0.3, -0.25) is 4.90 Å². The lowest BCUT2D eigenvalue weighted by atomic mass is 9.78. The molecule has 1 aliphatic carbocycles. The predicted octanol–water partition coefficient (Wildman–Crippen LogP) is 6.70. The van der Waals surface area contributed by atoms with E-state index in [1.54, 1.807) is 26.4 Å². The molecule has 5 nitrogen and oxygen atoms in total. The number of nitrogens with zero attached hydrogens (tertiary/aromatic N) is 1. The van der Waals surface area contributed by atoms with Crippen molar-refractivity contribution in [2.45, 2.75) is 63.8 Å². The van der Waals surface area contributed by atoms with Crippen LogP contribution in [0.25, 0.3) is 0 Å². The van der Waals surface area contributed by atoms with E-state index >= 15 is 0 Å². The Bertz CT molecular complexity index is 1270. The first kappa shape index (κ1) is 29.4. The van der Waals surface area contributed by atoms with Crippen LogP contribution in [0.1, 0.15) is 65.8 Å². The first-order chi connectivity index (χ1) is 20.1. The average Bonchev–Trinajstić information content (AvgIpc) is 3.01. The van der Waals surface area contributed by atoms with Crippen LogP contribution in [0.2, 0.25) is 0 Å². The Morgan fingerprint density at radius 3 is 2.51 bits per heavy atom. The number of ether oxygens (including phenoxy) is 3. The number of hydrogen-bond donors (Lipinski definition) is 1. The van der Waals surface area contributed by atoms with E-state index in [1.165, 1.54) is 41.5 Å². The molecule has 0 spiro atoms. The molecule has 1 fully saturated rings. The molecule has 3 aromatic carbocycles. The van der Waals surface area contributed by atoms with Gasteiger partial charge in [0, 0.05) is 13.1 Å². The Morgan fingerprint density at radius 2 is 1.71 bits per heavy atom. The molecule has 1 saturated heterocycles. The van der Waals surface area contributed by atoms with Crippen molar-refractivity contribution in [3.05, 3.63) is 88.2 Å². The molecule has 1 unspecified atom stereocenters. The quantitative estimate of drug-likeness (QED) is 0.236. The highest BCUT2D eigenvalue weighted by Crippen LogP contribution is 2.37. The number of fused-ring (bicyclic) bond motifs is 1. The molecule has 0 saturated carbocycles. The Labute approximate surface area is 245 Å². The van der Waals surface area contributed by atoms with Crippen molar-refractivity contribution in [2.75, 3.05) is 47.0 Å². The van der Waals surface area contributed by atoms with Crippen molar-refractivity contribution < 1.29 is 18.6 Å². The number of benzene rings is 3. The Hall–Kier alpha value is -3.09. The Balaban J connectivity index is 1.10. The standard InChI is InChI=1S/C35H45FN2O3/c1-39-31-12-11-27-22-30(10-9-28(27)23-31)33-14-13-32(40-2)24-29(33)7-6-16-37-25-26-8-15-35(34(36)21-26)41-20-19-38-17-4-3-5-18-38/h8,11-15,21,23-24,30,37H,3-7,9-10,16-20,22,25H2,1-2H3.